The first kappa shape index (κ1) is 13.1. The second-order valence-electron chi connectivity index (χ2n) is 6.45. The van der Waals surface area contributed by atoms with Crippen LogP contribution in [0.4, 0.5) is 0 Å². The van der Waals surface area contributed by atoms with Crippen LogP contribution in [-0.2, 0) is 14.3 Å². The molecule has 3 nitrogen and oxygen atoms in total. The molecule has 4 bridgehead atoms. The average molecular weight is 262 g/mol. The Morgan fingerprint density at radius 3 is 2.89 bits per heavy atom. The van der Waals surface area contributed by atoms with Crippen molar-refractivity contribution in [1.29, 1.82) is 0 Å². The van der Waals surface area contributed by atoms with Crippen LogP contribution in [0.2, 0.25) is 0 Å². The standard InChI is InChI=1S/C16H22O3/c1-9(2)5-11(17)8-16-12-7-13(16)14(6-10(12)3)19-15(16)18-4/h5-6,12-15H,7-8H2,1-4H3/t12-,13+,14-,15+,16+/m1/s1. The van der Waals surface area contributed by atoms with Gasteiger partial charge in [-0.05, 0) is 39.2 Å². The number of rotatable bonds is 4. The Morgan fingerprint density at radius 2 is 2.32 bits per heavy atom. The maximum atomic E-state index is 12.2. The zero-order valence-corrected chi connectivity index (χ0v) is 12.1. The van der Waals surface area contributed by atoms with Crippen molar-refractivity contribution in [3.63, 3.8) is 0 Å². The maximum absolute atomic E-state index is 12.2. The van der Waals surface area contributed by atoms with Crippen LogP contribution >= 0.6 is 0 Å². The minimum Gasteiger partial charge on any atom is -0.355 e. The summed E-state index contributed by atoms with van der Waals surface area (Å²) in [6.45, 7) is 6.09. The number of ether oxygens (including phenoxy) is 2. The molecule has 1 aliphatic heterocycles. The average Bonchev–Trinajstić information content (AvgIpc) is 2.45. The van der Waals surface area contributed by atoms with Gasteiger partial charge in [-0.15, -0.1) is 0 Å². The highest BCUT2D eigenvalue weighted by Gasteiger charge is 2.69. The van der Waals surface area contributed by atoms with Gasteiger partial charge >= 0.3 is 0 Å². The third kappa shape index (κ3) is 1.68. The van der Waals surface area contributed by atoms with Crippen molar-refractivity contribution in [2.24, 2.45) is 17.3 Å². The molecule has 104 valence electrons. The monoisotopic (exact) mass is 262 g/mol. The van der Waals surface area contributed by atoms with E-state index in [-0.39, 0.29) is 23.6 Å². The van der Waals surface area contributed by atoms with E-state index in [9.17, 15) is 4.79 Å². The summed E-state index contributed by atoms with van der Waals surface area (Å²) in [5, 5.41) is 0. The summed E-state index contributed by atoms with van der Waals surface area (Å²) in [7, 11) is 1.69. The van der Waals surface area contributed by atoms with Crippen LogP contribution in [-0.4, -0.2) is 25.3 Å². The Morgan fingerprint density at radius 1 is 1.58 bits per heavy atom. The fourth-order valence-corrected chi connectivity index (χ4v) is 4.36. The molecule has 3 heteroatoms. The lowest BCUT2D eigenvalue weighted by Gasteiger charge is -2.56. The van der Waals surface area contributed by atoms with E-state index in [2.05, 4.69) is 13.0 Å². The van der Waals surface area contributed by atoms with Gasteiger partial charge in [0.25, 0.3) is 0 Å². The number of carbonyl (C=O) groups excluding carboxylic acids is 1. The molecule has 5 atom stereocenters. The first-order valence-corrected chi connectivity index (χ1v) is 7.03. The molecule has 0 aromatic rings. The number of hydrogen-bond acceptors (Lipinski definition) is 3. The molecule has 1 saturated carbocycles. The Kier molecular flexibility index (Phi) is 2.95. The molecular formula is C16H22O3. The molecule has 0 N–H and O–H groups in total. The van der Waals surface area contributed by atoms with E-state index in [4.69, 9.17) is 9.47 Å². The fourth-order valence-electron chi connectivity index (χ4n) is 4.36. The van der Waals surface area contributed by atoms with Crippen LogP contribution in [0.25, 0.3) is 0 Å². The summed E-state index contributed by atoms with van der Waals surface area (Å²) in [5.41, 5.74) is 2.32. The number of methoxy groups -OCH3 is 1. The molecule has 4 rings (SSSR count). The summed E-state index contributed by atoms with van der Waals surface area (Å²) in [6.07, 6.45) is 5.59. The van der Waals surface area contributed by atoms with Gasteiger partial charge in [0.2, 0.25) is 0 Å². The highest BCUT2D eigenvalue weighted by atomic mass is 16.7. The van der Waals surface area contributed by atoms with Gasteiger partial charge in [-0.25, -0.2) is 0 Å². The maximum Gasteiger partial charge on any atom is 0.164 e. The summed E-state index contributed by atoms with van der Waals surface area (Å²) < 4.78 is 11.6. The quantitative estimate of drug-likeness (QED) is 0.577. The normalized spacial score (nSPS) is 42.4. The molecule has 19 heavy (non-hydrogen) atoms. The topological polar surface area (TPSA) is 35.5 Å². The second-order valence-corrected chi connectivity index (χ2v) is 6.45. The molecule has 0 amide bonds. The van der Waals surface area contributed by atoms with E-state index < -0.39 is 0 Å². The van der Waals surface area contributed by atoms with Gasteiger partial charge in [0, 0.05) is 24.9 Å². The van der Waals surface area contributed by atoms with Crippen molar-refractivity contribution in [1.82, 2.24) is 0 Å². The van der Waals surface area contributed by atoms with Gasteiger partial charge in [-0.2, -0.15) is 0 Å². The Balaban J connectivity index is 1.91. The van der Waals surface area contributed by atoms with E-state index in [0.717, 1.165) is 12.0 Å². The Bertz CT molecular complexity index is 472. The lowest BCUT2D eigenvalue weighted by molar-refractivity contribution is -0.182. The molecule has 0 aromatic carbocycles. The lowest BCUT2D eigenvalue weighted by Crippen LogP contribution is -2.57. The highest BCUT2D eigenvalue weighted by Crippen LogP contribution is 2.68. The Hall–Kier alpha value is -0.930. The number of ketones is 1. The van der Waals surface area contributed by atoms with Gasteiger partial charge in [-0.3, -0.25) is 4.79 Å². The molecular weight excluding hydrogens is 240 g/mol. The van der Waals surface area contributed by atoms with Gasteiger partial charge < -0.3 is 9.47 Å². The smallest absolute Gasteiger partial charge is 0.164 e. The van der Waals surface area contributed by atoms with E-state index in [1.807, 2.05) is 13.8 Å². The third-order valence-electron chi connectivity index (χ3n) is 5.07. The fraction of sp³-hybridized carbons (Fsp3) is 0.688. The van der Waals surface area contributed by atoms with Crippen molar-refractivity contribution in [3.05, 3.63) is 23.3 Å². The predicted molar refractivity (Wildman–Crippen MR) is 72.5 cm³/mol. The van der Waals surface area contributed by atoms with Gasteiger partial charge in [0.1, 0.15) is 0 Å². The van der Waals surface area contributed by atoms with Crippen LogP contribution < -0.4 is 0 Å². The molecule has 1 heterocycles. The van der Waals surface area contributed by atoms with Crippen LogP contribution in [0, 0.1) is 17.3 Å². The lowest BCUT2D eigenvalue weighted by atomic mass is 9.46. The van der Waals surface area contributed by atoms with E-state index in [1.165, 1.54) is 5.57 Å². The summed E-state index contributed by atoms with van der Waals surface area (Å²) in [6, 6.07) is 0. The molecule has 0 aromatic heterocycles. The third-order valence-corrected chi connectivity index (χ3v) is 5.07. The number of carbonyl (C=O) groups is 1. The minimum absolute atomic E-state index is 0.110. The molecule has 2 fully saturated rings. The van der Waals surface area contributed by atoms with Crippen LogP contribution in [0.15, 0.2) is 23.3 Å². The van der Waals surface area contributed by atoms with Crippen molar-refractivity contribution >= 4 is 5.78 Å². The van der Waals surface area contributed by atoms with E-state index in [1.54, 1.807) is 13.2 Å². The SMILES string of the molecule is CO[C@H]1O[C@@H]2C=C(C)[C@H]3C[C@@H]2[C@@]13CC(=O)C=C(C)C. The van der Waals surface area contributed by atoms with E-state index >= 15 is 0 Å². The van der Waals surface area contributed by atoms with Crippen molar-refractivity contribution in [2.75, 3.05) is 7.11 Å². The molecule has 3 aliphatic carbocycles. The second kappa shape index (κ2) is 4.29. The zero-order valence-electron chi connectivity index (χ0n) is 12.1. The van der Waals surface area contributed by atoms with Crippen molar-refractivity contribution < 1.29 is 14.3 Å². The predicted octanol–water partition coefficient (Wildman–Crippen LogP) is 2.87. The van der Waals surface area contributed by atoms with Crippen molar-refractivity contribution in [2.45, 2.75) is 46.0 Å². The van der Waals surface area contributed by atoms with Crippen LogP contribution in [0.3, 0.4) is 0 Å². The number of allylic oxidation sites excluding steroid dienone is 3. The van der Waals surface area contributed by atoms with Gasteiger partial charge in [-0.1, -0.05) is 17.2 Å². The van der Waals surface area contributed by atoms with Crippen molar-refractivity contribution in [3.8, 4) is 0 Å². The summed E-state index contributed by atoms with van der Waals surface area (Å²) in [5.74, 6) is 1.12. The van der Waals surface area contributed by atoms with Gasteiger partial charge in [0.15, 0.2) is 12.1 Å². The highest BCUT2D eigenvalue weighted by molar-refractivity contribution is 5.91. The van der Waals surface area contributed by atoms with Gasteiger partial charge in [0.05, 0.1) is 6.10 Å². The first-order valence-electron chi connectivity index (χ1n) is 7.03. The summed E-state index contributed by atoms with van der Waals surface area (Å²) >= 11 is 0. The minimum atomic E-state index is -0.232. The zero-order chi connectivity index (χ0) is 13.8. The Labute approximate surface area is 114 Å². The summed E-state index contributed by atoms with van der Waals surface area (Å²) in [4.78, 5) is 12.2. The molecule has 0 spiro atoms. The van der Waals surface area contributed by atoms with E-state index in [0.29, 0.717) is 18.3 Å². The largest absolute Gasteiger partial charge is 0.355 e. The molecule has 0 unspecified atom stereocenters. The number of hydrogen-bond donors (Lipinski definition) is 0. The molecule has 1 saturated heterocycles. The van der Waals surface area contributed by atoms with Crippen LogP contribution in [0.1, 0.15) is 33.6 Å². The van der Waals surface area contributed by atoms with Crippen LogP contribution in [0.5, 0.6) is 0 Å². The first-order chi connectivity index (χ1) is 8.99. The molecule has 0 radical (unpaired) electrons. The molecule has 4 aliphatic rings.